The summed E-state index contributed by atoms with van der Waals surface area (Å²) in [5.74, 6) is -0.466. The van der Waals surface area contributed by atoms with Crippen LogP contribution in [0.1, 0.15) is 18.1 Å². The normalized spacial score (nSPS) is 11.5. The van der Waals surface area contributed by atoms with E-state index in [1.54, 1.807) is 18.2 Å². The van der Waals surface area contributed by atoms with Gasteiger partial charge >= 0.3 is 5.97 Å². The Morgan fingerprint density at radius 1 is 1.08 bits per heavy atom. The Kier molecular flexibility index (Phi) is 6.58. The van der Waals surface area contributed by atoms with E-state index in [2.05, 4.69) is 21.2 Å². The van der Waals surface area contributed by atoms with Gasteiger partial charge in [0.15, 0.2) is 12.7 Å². The first kappa shape index (κ1) is 19.0. The first-order valence-corrected chi connectivity index (χ1v) is 8.60. The van der Waals surface area contributed by atoms with Crippen LogP contribution in [0.25, 0.3) is 0 Å². The molecule has 1 N–H and O–H groups in total. The number of carbonyl (C=O) groups excluding carboxylic acids is 2. The highest BCUT2D eigenvalue weighted by Crippen LogP contribution is 2.25. The molecule has 25 heavy (non-hydrogen) atoms. The van der Waals surface area contributed by atoms with Gasteiger partial charge < -0.3 is 14.8 Å². The van der Waals surface area contributed by atoms with Crippen LogP contribution < -0.4 is 10.1 Å². The summed E-state index contributed by atoms with van der Waals surface area (Å²) in [6.07, 6.45) is -0.918. The largest absolute Gasteiger partial charge is 0.481 e. The topological polar surface area (TPSA) is 64.6 Å². The first-order valence-electron chi connectivity index (χ1n) is 7.81. The lowest BCUT2D eigenvalue weighted by Crippen LogP contribution is -2.31. The number of ether oxygens (including phenoxy) is 2. The molecule has 132 valence electrons. The van der Waals surface area contributed by atoms with Gasteiger partial charge in [-0.05, 0) is 66.5 Å². The quantitative estimate of drug-likeness (QED) is 0.737. The second-order valence-electron chi connectivity index (χ2n) is 5.71. The van der Waals surface area contributed by atoms with Crippen molar-refractivity contribution >= 4 is 33.5 Å². The lowest BCUT2D eigenvalue weighted by molar-refractivity contribution is -0.155. The molecule has 0 fully saturated rings. The fourth-order valence-corrected chi connectivity index (χ4v) is 2.63. The van der Waals surface area contributed by atoms with Gasteiger partial charge in [0, 0.05) is 5.69 Å². The van der Waals surface area contributed by atoms with Gasteiger partial charge in [-0.2, -0.15) is 0 Å². The molecule has 0 unspecified atom stereocenters. The summed E-state index contributed by atoms with van der Waals surface area (Å²) in [4.78, 5) is 23.9. The van der Waals surface area contributed by atoms with Crippen molar-refractivity contribution in [2.24, 2.45) is 0 Å². The van der Waals surface area contributed by atoms with Crippen molar-refractivity contribution in [3.05, 3.63) is 58.1 Å². The molecule has 5 nitrogen and oxygen atoms in total. The number of hydrogen-bond donors (Lipinski definition) is 1. The third-order valence-electron chi connectivity index (χ3n) is 3.43. The van der Waals surface area contributed by atoms with E-state index >= 15 is 0 Å². The van der Waals surface area contributed by atoms with E-state index in [1.807, 2.05) is 38.1 Å². The molecular weight excluding hydrogens is 386 g/mol. The van der Waals surface area contributed by atoms with E-state index in [0.29, 0.717) is 11.4 Å². The van der Waals surface area contributed by atoms with Gasteiger partial charge in [-0.1, -0.05) is 23.8 Å². The van der Waals surface area contributed by atoms with Gasteiger partial charge in [-0.25, -0.2) is 4.79 Å². The zero-order valence-electron chi connectivity index (χ0n) is 14.3. The molecule has 0 saturated carbocycles. The fraction of sp³-hybridized carbons (Fsp3) is 0.263. The third kappa shape index (κ3) is 5.90. The molecule has 1 amide bonds. The minimum atomic E-state index is -0.918. The molecule has 0 aliphatic heterocycles. The zero-order chi connectivity index (χ0) is 18.4. The van der Waals surface area contributed by atoms with Crippen molar-refractivity contribution in [1.29, 1.82) is 0 Å². The summed E-state index contributed by atoms with van der Waals surface area (Å²) in [5.41, 5.74) is 2.82. The van der Waals surface area contributed by atoms with Crippen molar-refractivity contribution in [3.63, 3.8) is 0 Å². The second-order valence-corrected chi connectivity index (χ2v) is 6.56. The Labute approximate surface area is 155 Å². The summed E-state index contributed by atoms with van der Waals surface area (Å²) in [5, 5.41) is 2.70. The highest BCUT2D eigenvalue weighted by molar-refractivity contribution is 9.10. The van der Waals surface area contributed by atoms with E-state index in [-0.39, 0.29) is 6.61 Å². The Hall–Kier alpha value is -2.34. The zero-order valence-corrected chi connectivity index (χ0v) is 15.9. The minimum absolute atomic E-state index is 0.274. The molecule has 0 bridgehead atoms. The average Bonchev–Trinajstić information content (AvgIpc) is 2.56. The van der Waals surface area contributed by atoms with E-state index in [4.69, 9.17) is 9.47 Å². The van der Waals surface area contributed by atoms with Crippen LogP contribution in [0.5, 0.6) is 5.75 Å². The predicted octanol–water partition coefficient (Wildman–Crippen LogP) is 4.02. The van der Waals surface area contributed by atoms with Crippen LogP contribution in [0.15, 0.2) is 46.9 Å². The minimum Gasteiger partial charge on any atom is -0.481 e. The van der Waals surface area contributed by atoms with Crippen LogP contribution in [0.2, 0.25) is 0 Å². The Balaban J connectivity index is 1.82. The van der Waals surface area contributed by atoms with Crippen molar-refractivity contribution in [2.45, 2.75) is 26.9 Å². The fourth-order valence-electron chi connectivity index (χ4n) is 2.03. The molecule has 2 aromatic rings. The maximum absolute atomic E-state index is 12.1. The number of aryl methyl sites for hydroxylation is 2. The lowest BCUT2D eigenvalue weighted by Gasteiger charge is -2.14. The summed E-state index contributed by atoms with van der Waals surface area (Å²) < 4.78 is 11.3. The van der Waals surface area contributed by atoms with Crippen LogP contribution in [-0.2, 0) is 14.3 Å². The molecule has 0 radical (unpaired) electrons. The van der Waals surface area contributed by atoms with E-state index in [0.717, 1.165) is 15.6 Å². The van der Waals surface area contributed by atoms with Gasteiger partial charge in [0.1, 0.15) is 5.75 Å². The Morgan fingerprint density at radius 2 is 1.72 bits per heavy atom. The highest BCUT2D eigenvalue weighted by atomic mass is 79.9. The van der Waals surface area contributed by atoms with Gasteiger partial charge in [-0.3, -0.25) is 4.79 Å². The number of anilines is 1. The standard InChI is InChI=1S/C19H20BrNO4/c1-12-4-7-15(8-5-12)21-19(23)14(3)25-18(22)11-24-17-9-6-13(2)10-16(17)20/h4-10,14H,11H2,1-3H3,(H,21,23)/t14-/m1/s1. The number of nitrogens with one attached hydrogen (secondary N) is 1. The number of rotatable bonds is 6. The maximum Gasteiger partial charge on any atom is 0.344 e. The second kappa shape index (κ2) is 8.67. The molecule has 0 saturated heterocycles. The van der Waals surface area contributed by atoms with Gasteiger partial charge in [-0.15, -0.1) is 0 Å². The van der Waals surface area contributed by atoms with E-state index in [9.17, 15) is 9.59 Å². The van der Waals surface area contributed by atoms with Crippen molar-refractivity contribution in [3.8, 4) is 5.75 Å². The number of halogens is 1. The molecule has 0 aliphatic carbocycles. The molecular formula is C19H20BrNO4. The molecule has 6 heteroatoms. The van der Waals surface area contributed by atoms with Crippen LogP contribution in [0.4, 0.5) is 5.69 Å². The Morgan fingerprint density at radius 3 is 2.36 bits per heavy atom. The third-order valence-corrected chi connectivity index (χ3v) is 4.05. The number of benzene rings is 2. The number of hydrogen-bond acceptors (Lipinski definition) is 4. The van der Waals surface area contributed by atoms with Crippen LogP contribution >= 0.6 is 15.9 Å². The predicted molar refractivity (Wildman–Crippen MR) is 99.7 cm³/mol. The maximum atomic E-state index is 12.1. The van der Waals surface area contributed by atoms with Crippen LogP contribution in [0.3, 0.4) is 0 Å². The summed E-state index contributed by atoms with van der Waals surface area (Å²) in [6.45, 7) is 5.16. The van der Waals surface area contributed by atoms with Gasteiger partial charge in [0.05, 0.1) is 4.47 Å². The molecule has 0 aromatic heterocycles. The van der Waals surface area contributed by atoms with E-state index < -0.39 is 18.0 Å². The molecule has 2 aromatic carbocycles. The smallest absolute Gasteiger partial charge is 0.344 e. The lowest BCUT2D eigenvalue weighted by atomic mass is 10.2. The molecule has 2 rings (SSSR count). The van der Waals surface area contributed by atoms with Crippen LogP contribution in [0, 0.1) is 13.8 Å². The highest BCUT2D eigenvalue weighted by Gasteiger charge is 2.18. The SMILES string of the molecule is Cc1ccc(NC(=O)[C@@H](C)OC(=O)COc2ccc(C)cc2Br)cc1. The summed E-state index contributed by atoms with van der Waals surface area (Å²) in [7, 11) is 0. The molecule has 0 aliphatic rings. The first-order chi connectivity index (χ1) is 11.8. The molecule has 0 spiro atoms. The van der Waals surface area contributed by atoms with Crippen molar-refractivity contribution in [2.75, 3.05) is 11.9 Å². The molecule has 0 heterocycles. The molecule has 1 atom stereocenters. The number of esters is 1. The number of carbonyl (C=O) groups is 2. The number of amides is 1. The van der Waals surface area contributed by atoms with Gasteiger partial charge in [0.2, 0.25) is 0 Å². The summed E-state index contributed by atoms with van der Waals surface area (Å²) >= 11 is 3.37. The van der Waals surface area contributed by atoms with E-state index in [1.165, 1.54) is 6.92 Å². The van der Waals surface area contributed by atoms with Crippen molar-refractivity contribution < 1.29 is 19.1 Å². The summed E-state index contributed by atoms with van der Waals surface area (Å²) in [6, 6.07) is 12.9. The Bertz CT molecular complexity index is 759. The average molecular weight is 406 g/mol. The van der Waals surface area contributed by atoms with Crippen LogP contribution in [-0.4, -0.2) is 24.6 Å². The monoisotopic (exact) mass is 405 g/mol. The van der Waals surface area contributed by atoms with Gasteiger partial charge in [0.25, 0.3) is 5.91 Å². The van der Waals surface area contributed by atoms with Crippen molar-refractivity contribution in [1.82, 2.24) is 0 Å².